The van der Waals surface area contributed by atoms with Gasteiger partial charge in [0.2, 0.25) is 0 Å². The van der Waals surface area contributed by atoms with Crippen molar-refractivity contribution in [2.75, 3.05) is 0 Å². The maximum Gasteiger partial charge on any atom is -0.0102 e. The lowest BCUT2D eigenvalue weighted by atomic mass is 9.78. The van der Waals surface area contributed by atoms with Gasteiger partial charge < -0.3 is 0 Å². The monoisotopic (exact) mass is 302 g/mol. The highest BCUT2D eigenvalue weighted by Gasteiger charge is 2.21. The Hall–Kier alpha value is -1.82. The van der Waals surface area contributed by atoms with E-state index in [1.165, 1.54) is 66.5 Å². The molecule has 0 nitrogen and oxygen atoms in total. The van der Waals surface area contributed by atoms with Gasteiger partial charge in [-0.3, -0.25) is 0 Å². The van der Waals surface area contributed by atoms with E-state index in [1.54, 1.807) is 11.1 Å². The molecular formula is C23H26. The Balaban J connectivity index is 1.81. The fourth-order valence-electron chi connectivity index (χ4n) is 4.45. The van der Waals surface area contributed by atoms with Crippen molar-refractivity contribution in [3.63, 3.8) is 0 Å². The molecule has 0 heteroatoms. The number of aryl methyl sites for hydroxylation is 1. The molecule has 0 aliphatic heterocycles. The van der Waals surface area contributed by atoms with Crippen LogP contribution in [0.15, 0.2) is 48.5 Å². The van der Waals surface area contributed by atoms with Crippen LogP contribution in [0.3, 0.4) is 0 Å². The third kappa shape index (κ3) is 2.65. The Morgan fingerprint density at radius 1 is 0.870 bits per heavy atom. The zero-order chi connectivity index (χ0) is 15.6. The molecule has 0 saturated heterocycles. The predicted molar refractivity (Wildman–Crippen MR) is 101 cm³/mol. The van der Waals surface area contributed by atoms with Crippen LogP contribution in [0.4, 0.5) is 0 Å². The van der Waals surface area contributed by atoms with Crippen LogP contribution in [0.2, 0.25) is 0 Å². The van der Waals surface area contributed by atoms with Crippen molar-refractivity contribution in [2.45, 2.75) is 57.8 Å². The molecule has 0 aromatic heterocycles. The zero-order valence-electron chi connectivity index (χ0n) is 14.1. The molecule has 1 aliphatic carbocycles. The Morgan fingerprint density at radius 3 is 2.65 bits per heavy atom. The number of fused-ring (bicyclic) bond motifs is 5. The Labute approximate surface area is 139 Å². The minimum Gasteiger partial charge on any atom is -0.0654 e. The summed E-state index contributed by atoms with van der Waals surface area (Å²) >= 11 is 0. The van der Waals surface area contributed by atoms with E-state index in [0.717, 1.165) is 5.92 Å². The molecule has 4 rings (SSSR count). The summed E-state index contributed by atoms with van der Waals surface area (Å²) in [7, 11) is 0. The van der Waals surface area contributed by atoms with E-state index < -0.39 is 0 Å². The first-order valence-electron chi connectivity index (χ1n) is 9.31. The highest BCUT2D eigenvalue weighted by molar-refractivity contribution is 6.08. The van der Waals surface area contributed by atoms with Gasteiger partial charge in [0.25, 0.3) is 0 Å². The second kappa shape index (κ2) is 6.35. The SMILES string of the molecule is CCCCC[C@H]1CCCc2c1ccc1c2ccc2ccccc21. The highest BCUT2D eigenvalue weighted by atomic mass is 14.3. The second-order valence-electron chi connectivity index (χ2n) is 7.10. The lowest BCUT2D eigenvalue weighted by Crippen LogP contribution is -2.10. The van der Waals surface area contributed by atoms with E-state index in [9.17, 15) is 0 Å². The number of hydrogen-bond acceptors (Lipinski definition) is 0. The smallest absolute Gasteiger partial charge is 0.0102 e. The van der Waals surface area contributed by atoms with Crippen molar-refractivity contribution in [1.82, 2.24) is 0 Å². The molecule has 0 saturated carbocycles. The molecular weight excluding hydrogens is 276 g/mol. The van der Waals surface area contributed by atoms with E-state index in [2.05, 4.69) is 55.5 Å². The molecule has 118 valence electrons. The van der Waals surface area contributed by atoms with Gasteiger partial charge in [-0.25, -0.2) is 0 Å². The maximum absolute atomic E-state index is 2.44. The van der Waals surface area contributed by atoms with Crippen molar-refractivity contribution in [3.8, 4) is 0 Å². The van der Waals surface area contributed by atoms with Crippen LogP contribution in [-0.2, 0) is 6.42 Å². The number of benzene rings is 3. The van der Waals surface area contributed by atoms with Gasteiger partial charge in [-0.1, -0.05) is 74.7 Å². The molecule has 0 spiro atoms. The largest absolute Gasteiger partial charge is 0.0654 e. The predicted octanol–water partition coefficient (Wildman–Crippen LogP) is 6.99. The van der Waals surface area contributed by atoms with Gasteiger partial charge in [0.05, 0.1) is 0 Å². The summed E-state index contributed by atoms with van der Waals surface area (Å²) in [4.78, 5) is 0. The quantitative estimate of drug-likeness (QED) is 0.360. The first kappa shape index (κ1) is 14.8. The summed E-state index contributed by atoms with van der Waals surface area (Å²) in [6, 6.07) is 18.3. The summed E-state index contributed by atoms with van der Waals surface area (Å²) in [6.45, 7) is 2.30. The van der Waals surface area contributed by atoms with Gasteiger partial charge in [-0.15, -0.1) is 0 Å². The van der Waals surface area contributed by atoms with E-state index in [1.807, 2.05) is 0 Å². The minimum atomic E-state index is 0.793. The fourth-order valence-corrected chi connectivity index (χ4v) is 4.45. The van der Waals surface area contributed by atoms with Gasteiger partial charge in [-0.05, 0) is 64.3 Å². The minimum absolute atomic E-state index is 0.793. The van der Waals surface area contributed by atoms with Crippen molar-refractivity contribution in [3.05, 3.63) is 59.7 Å². The summed E-state index contributed by atoms with van der Waals surface area (Å²) < 4.78 is 0. The van der Waals surface area contributed by atoms with E-state index in [-0.39, 0.29) is 0 Å². The molecule has 0 N–H and O–H groups in total. The summed E-state index contributed by atoms with van der Waals surface area (Å²) in [6.07, 6.45) is 9.46. The lowest BCUT2D eigenvalue weighted by molar-refractivity contribution is 0.495. The standard InChI is InChI=1S/C23H26/c1-2-3-4-8-17-10-7-12-21-20(17)15-16-22-19-11-6-5-9-18(19)13-14-23(21)22/h5-6,9,11,13-17H,2-4,7-8,10,12H2,1H3/t17-/m0/s1. The van der Waals surface area contributed by atoms with Crippen molar-refractivity contribution in [1.29, 1.82) is 0 Å². The Bertz CT molecular complexity index is 828. The molecule has 0 radical (unpaired) electrons. The van der Waals surface area contributed by atoms with E-state index >= 15 is 0 Å². The fraction of sp³-hybridized carbons (Fsp3) is 0.391. The Morgan fingerprint density at radius 2 is 1.74 bits per heavy atom. The normalized spacial score (nSPS) is 17.5. The van der Waals surface area contributed by atoms with Crippen molar-refractivity contribution >= 4 is 21.5 Å². The average molecular weight is 302 g/mol. The first-order chi connectivity index (χ1) is 11.4. The Kier molecular flexibility index (Phi) is 4.08. The van der Waals surface area contributed by atoms with Gasteiger partial charge in [-0.2, -0.15) is 0 Å². The van der Waals surface area contributed by atoms with Gasteiger partial charge in [0.15, 0.2) is 0 Å². The number of unbranched alkanes of at least 4 members (excludes halogenated alkanes) is 2. The highest BCUT2D eigenvalue weighted by Crippen LogP contribution is 2.40. The molecule has 0 heterocycles. The number of hydrogen-bond donors (Lipinski definition) is 0. The number of rotatable bonds is 4. The second-order valence-corrected chi connectivity index (χ2v) is 7.10. The van der Waals surface area contributed by atoms with Crippen LogP contribution in [0.5, 0.6) is 0 Å². The van der Waals surface area contributed by atoms with Crippen LogP contribution < -0.4 is 0 Å². The third-order valence-corrected chi connectivity index (χ3v) is 5.65. The lowest BCUT2D eigenvalue weighted by Gasteiger charge is -2.27. The average Bonchev–Trinajstić information content (AvgIpc) is 2.61. The molecule has 23 heavy (non-hydrogen) atoms. The molecule has 0 bridgehead atoms. The van der Waals surface area contributed by atoms with Crippen molar-refractivity contribution < 1.29 is 0 Å². The molecule has 1 atom stereocenters. The van der Waals surface area contributed by atoms with Gasteiger partial charge in [0, 0.05) is 0 Å². The summed E-state index contributed by atoms with van der Waals surface area (Å²) in [5, 5.41) is 5.70. The summed E-state index contributed by atoms with van der Waals surface area (Å²) in [5.41, 5.74) is 3.29. The van der Waals surface area contributed by atoms with Crippen LogP contribution in [0.25, 0.3) is 21.5 Å². The van der Waals surface area contributed by atoms with Crippen LogP contribution in [0.1, 0.15) is 62.5 Å². The van der Waals surface area contributed by atoms with Gasteiger partial charge in [0.1, 0.15) is 0 Å². The molecule has 1 aliphatic rings. The maximum atomic E-state index is 2.44. The summed E-state index contributed by atoms with van der Waals surface area (Å²) in [5.74, 6) is 0.793. The van der Waals surface area contributed by atoms with Crippen molar-refractivity contribution in [2.24, 2.45) is 0 Å². The molecule has 0 amide bonds. The zero-order valence-corrected chi connectivity index (χ0v) is 14.1. The van der Waals surface area contributed by atoms with E-state index in [0.29, 0.717) is 0 Å². The van der Waals surface area contributed by atoms with Crippen LogP contribution >= 0.6 is 0 Å². The molecule has 3 aromatic carbocycles. The first-order valence-corrected chi connectivity index (χ1v) is 9.31. The molecule has 0 unspecified atom stereocenters. The van der Waals surface area contributed by atoms with Crippen LogP contribution in [0, 0.1) is 0 Å². The van der Waals surface area contributed by atoms with Crippen LogP contribution in [-0.4, -0.2) is 0 Å². The molecule has 3 aromatic rings. The molecule has 0 fully saturated rings. The van der Waals surface area contributed by atoms with Gasteiger partial charge >= 0.3 is 0 Å². The topological polar surface area (TPSA) is 0 Å². The third-order valence-electron chi connectivity index (χ3n) is 5.65. The van der Waals surface area contributed by atoms with E-state index in [4.69, 9.17) is 0 Å².